The van der Waals surface area contributed by atoms with Gasteiger partial charge in [-0.25, -0.2) is 4.98 Å². The highest BCUT2D eigenvalue weighted by Gasteiger charge is 2.13. The average Bonchev–Trinajstić information content (AvgIpc) is 2.83. The number of thiocarbonyl (C=S) groups is 1. The number of hydrogen-bond acceptors (Lipinski definition) is 5. The minimum Gasteiger partial charge on any atom is -0.486 e. The zero-order valence-corrected chi connectivity index (χ0v) is 11.7. The fourth-order valence-electron chi connectivity index (χ4n) is 1.37. The third-order valence-electron chi connectivity index (χ3n) is 2.15. The van der Waals surface area contributed by atoms with Crippen LogP contribution in [0.3, 0.4) is 0 Å². The Labute approximate surface area is 108 Å². The van der Waals surface area contributed by atoms with Crippen LogP contribution in [0.1, 0.15) is 15.4 Å². The molecule has 16 heavy (non-hydrogen) atoms. The molecule has 0 fully saturated rings. The number of aromatic nitrogens is 1. The Morgan fingerprint density at radius 1 is 1.44 bits per heavy atom. The first-order valence-electron chi connectivity index (χ1n) is 4.73. The first kappa shape index (κ1) is 11.7. The number of hydrogen-bond donors (Lipinski definition) is 0. The van der Waals surface area contributed by atoms with Crippen molar-refractivity contribution >= 4 is 39.9 Å². The third-order valence-corrected chi connectivity index (χ3v) is 4.71. The number of aryl methyl sites for hydroxylation is 2. The van der Waals surface area contributed by atoms with Gasteiger partial charge in [-0.15, -0.1) is 22.7 Å². The third kappa shape index (κ3) is 2.16. The smallest absolute Gasteiger partial charge is 0.201 e. The number of nitrogens with zero attached hydrogens (tertiary/aromatic N) is 1. The molecule has 0 saturated heterocycles. The molecule has 2 aromatic rings. The van der Waals surface area contributed by atoms with Gasteiger partial charge in [0.15, 0.2) is 0 Å². The minimum absolute atomic E-state index is 0.549. The Morgan fingerprint density at radius 3 is 2.75 bits per heavy atom. The number of methoxy groups -OCH3 is 1. The van der Waals surface area contributed by atoms with Crippen LogP contribution >= 0.6 is 34.9 Å². The van der Waals surface area contributed by atoms with Crippen LogP contribution in [0.25, 0.3) is 10.6 Å². The van der Waals surface area contributed by atoms with Gasteiger partial charge in [0, 0.05) is 21.5 Å². The molecule has 0 aromatic carbocycles. The van der Waals surface area contributed by atoms with Crippen molar-refractivity contribution in [3.8, 4) is 10.6 Å². The molecule has 0 aliphatic heterocycles. The van der Waals surface area contributed by atoms with Crippen LogP contribution in [0, 0.1) is 13.8 Å². The lowest BCUT2D eigenvalue weighted by Crippen LogP contribution is -1.94. The Bertz CT molecular complexity index is 527. The quantitative estimate of drug-likeness (QED) is 0.774. The summed E-state index contributed by atoms with van der Waals surface area (Å²) in [7, 11) is 1.60. The fourth-order valence-corrected chi connectivity index (χ4v) is 3.43. The van der Waals surface area contributed by atoms with E-state index in [4.69, 9.17) is 17.0 Å². The standard InChI is InChI=1S/C11H11NOS3/c1-6-5-15-10(12-6)8-4-9(11(14)13-3)16-7(8)2/h4-5H,1-3H3. The molecule has 0 bridgehead atoms. The van der Waals surface area contributed by atoms with E-state index in [9.17, 15) is 0 Å². The molecule has 0 spiro atoms. The van der Waals surface area contributed by atoms with Crippen molar-refractivity contribution in [2.24, 2.45) is 0 Å². The molecule has 5 heteroatoms. The SMILES string of the molecule is COC(=S)c1cc(-c2nc(C)cs2)c(C)s1. The van der Waals surface area contributed by atoms with Crippen molar-refractivity contribution in [2.45, 2.75) is 13.8 Å². The van der Waals surface area contributed by atoms with Crippen LogP contribution in [-0.4, -0.2) is 17.1 Å². The zero-order chi connectivity index (χ0) is 11.7. The highest BCUT2D eigenvalue weighted by atomic mass is 32.1. The summed E-state index contributed by atoms with van der Waals surface area (Å²) in [6, 6.07) is 2.06. The van der Waals surface area contributed by atoms with E-state index in [2.05, 4.69) is 23.4 Å². The van der Waals surface area contributed by atoms with Gasteiger partial charge in [0.2, 0.25) is 5.05 Å². The van der Waals surface area contributed by atoms with E-state index in [0.717, 1.165) is 21.1 Å². The molecule has 2 rings (SSSR count). The normalized spacial score (nSPS) is 10.4. The lowest BCUT2D eigenvalue weighted by molar-refractivity contribution is 0.417. The van der Waals surface area contributed by atoms with Gasteiger partial charge >= 0.3 is 0 Å². The molecule has 0 N–H and O–H groups in total. The van der Waals surface area contributed by atoms with Crippen LogP contribution in [0.4, 0.5) is 0 Å². The fraction of sp³-hybridized carbons (Fsp3) is 0.273. The van der Waals surface area contributed by atoms with Gasteiger partial charge in [0.05, 0.1) is 12.0 Å². The second kappa shape index (κ2) is 4.61. The second-order valence-corrected chi connectivity index (χ2v) is 5.85. The van der Waals surface area contributed by atoms with E-state index in [1.807, 2.05) is 6.92 Å². The molecule has 2 nitrogen and oxygen atoms in total. The maximum absolute atomic E-state index is 5.12. The average molecular weight is 269 g/mol. The number of thiazole rings is 1. The number of ether oxygens (including phenoxy) is 1. The molecule has 0 radical (unpaired) electrons. The van der Waals surface area contributed by atoms with Crippen molar-refractivity contribution in [1.82, 2.24) is 4.98 Å². The summed E-state index contributed by atoms with van der Waals surface area (Å²) in [5.74, 6) is 0. The van der Waals surface area contributed by atoms with Gasteiger partial charge in [-0.1, -0.05) is 0 Å². The monoisotopic (exact) mass is 269 g/mol. The summed E-state index contributed by atoms with van der Waals surface area (Å²) < 4.78 is 5.07. The molecule has 0 saturated carbocycles. The molecule has 0 aliphatic carbocycles. The first-order valence-corrected chi connectivity index (χ1v) is 6.83. The van der Waals surface area contributed by atoms with Crippen LogP contribution in [-0.2, 0) is 4.74 Å². The van der Waals surface area contributed by atoms with Crippen LogP contribution in [0.15, 0.2) is 11.4 Å². The summed E-state index contributed by atoms with van der Waals surface area (Å²) in [6.07, 6.45) is 0. The highest BCUT2D eigenvalue weighted by molar-refractivity contribution is 7.80. The highest BCUT2D eigenvalue weighted by Crippen LogP contribution is 2.33. The van der Waals surface area contributed by atoms with Crippen LogP contribution in [0.2, 0.25) is 0 Å². The second-order valence-electron chi connectivity index (χ2n) is 3.37. The molecular weight excluding hydrogens is 258 g/mol. The molecule has 0 atom stereocenters. The predicted octanol–water partition coefficient (Wildman–Crippen LogP) is 3.81. The van der Waals surface area contributed by atoms with Crippen molar-refractivity contribution in [3.63, 3.8) is 0 Å². The minimum atomic E-state index is 0.549. The Balaban J connectivity index is 2.43. The van der Waals surface area contributed by atoms with Crippen LogP contribution in [0.5, 0.6) is 0 Å². The Hall–Kier alpha value is -0.780. The van der Waals surface area contributed by atoms with Gasteiger partial charge in [-0.3, -0.25) is 0 Å². The van der Waals surface area contributed by atoms with Gasteiger partial charge < -0.3 is 4.74 Å². The summed E-state index contributed by atoms with van der Waals surface area (Å²) in [4.78, 5) is 6.71. The predicted molar refractivity (Wildman–Crippen MR) is 73.6 cm³/mol. The van der Waals surface area contributed by atoms with E-state index in [-0.39, 0.29) is 0 Å². The number of rotatable bonds is 2. The molecule has 0 aliphatic rings. The topological polar surface area (TPSA) is 22.1 Å². The lowest BCUT2D eigenvalue weighted by atomic mass is 10.2. The van der Waals surface area contributed by atoms with Crippen molar-refractivity contribution < 1.29 is 4.74 Å². The zero-order valence-electron chi connectivity index (χ0n) is 9.23. The Kier molecular flexibility index (Phi) is 3.37. The maximum Gasteiger partial charge on any atom is 0.201 e. The van der Waals surface area contributed by atoms with Gasteiger partial charge in [-0.05, 0) is 32.1 Å². The largest absolute Gasteiger partial charge is 0.486 e. The van der Waals surface area contributed by atoms with Crippen molar-refractivity contribution in [1.29, 1.82) is 0 Å². The Morgan fingerprint density at radius 2 is 2.19 bits per heavy atom. The lowest BCUT2D eigenvalue weighted by Gasteiger charge is -1.95. The van der Waals surface area contributed by atoms with E-state index in [1.165, 1.54) is 4.88 Å². The van der Waals surface area contributed by atoms with Crippen LogP contribution < -0.4 is 0 Å². The van der Waals surface area contributed by atoms with Crippen molar-refractivity contribution in [3.05, 3.63) is 26.9 Å². The summed E-state index contributed by atoms with van der Waals surface area (Å²) in [6.45, 7) is 4.08. The van der Waals surface area contributed by atoms with Gasteiger partial charge in [0.25, 0.3) is 0 Å². The molecule has 2 aromatic heterocycles. The molecule has 2 heterocycles. The molecule has 0 amide bonds. The maximum atomic E-state index is 5.12. The van der Waals surface area contributed by atoms with Gasteiger partial charge in [-0.2, -0.15) is 0 Å². The summed E-state index contributed by atoms with van der Waals surface area (Å²) in [5, 5.41) is 3.66. The van der Waals surface area contributed by atoms with E-state index >= 15 is 0 Å². The molecule has 0 unspecified atom stereocenters. The molecular formula is C11H11NOS3. The van der Waals surface area contributed by atoms with E-state index in [1.54, 1.807) is 29.8 Å². The van der Waals surface area contributed by atoms with E-state index in [0.29, 0.717) is 5.05 Å². The summed E-state index contributed by atoms with van der Waals surface area (Å²) >= 11 is 8.43. The summed E-state index contributed by atoms with van der Waals surface area (Å²) in [5.41, 5.74) is 2.22. The molecule has 84 valence electrons. The first-order chi connectivity index (χ1) is 7.61. The van der Waals surface area contributed by atoms with E-state index < -0.39 is 0 Å². The number of thiophene rings is 1. The van der Waals surface area contributed by atoms with Crippen molar-refractivity contribution in [2.75, 3.05) is 7.11 Å². The van der Waals surface area contributed by atoms with Gasteiger partial charge in [0.1, 0.15) is 5.01 Å².